The molecule has 1 aromatic heterocycles. The summed E-state index contributed by atoms with van der Waals surface area (Å²) in [5.41, 5.74) is 6.99. The maximum absolute atomic E-state index is 9.02. The monoisotopic (exact) mass is 250 g/mol. The molecule has 0 saturated heterocycles. The van der Waals surface area contributed by atoms with Crippen molar-refractivity contribution in [1.29, 1.82) is 5.26 Å². The van der Waals surface area contributed by atoms with Gasteiger partial charge in [0.05, 0.1) is 5.69 Å². The SMILES string of the molecule is CCCc1nc(SCC(C)C)nc(N)c1C#N. The first-order valence-corrected chi connectivity index (χ1v) is 6.76. The quantitative estimate of drug-likeness (QED) is 0.642. The van der Waals surface area contributed by atoms with E-state index in [1.54, 1.807) is 11.8 Å². The van der Waals surface area contributed by atoms with E-state index in [1.165, 1.54) is 0 Å². The number of nitrogens with zero attached hydrogens (tertiary/aromatic N) is 3. The third-order valence-electron chi connectivity index (χ3n) is 2.14. The van der Waals surface area contributed by atoms with Crippen molar-refractivity contribution in [3.8, 4) is 6.07 Å². The van der Waals surface area contributed by atoms with Crippen molar-refractivity contribution in [2.75, 3.05) is 11.5 Å². The Labute approximate surface area is 107 Å². The van der Waals surface area contributed by atoms with Crippen LogP contribution in [0.2, 0.25) is 0 Å². The average Bonchev–Trinajstić information content (AvgIpc) is 2.26. The fraction of sp³-hybridized carbons (Fsp3) is 0.583. The number of aryl methyl sites for hydroxylation is 1. The van der Waals surface area contributed by atoms with Gasteiger partial charge in [0.25, 0.3) is 0 Å². The molecule has 0 amide bonds. The summed E-state index contributed by atoms with van der Waals surface area (Å²) in [4.78, 5) is 8.58. The van der Waals surface area contributed by atoms with Crippen LogP contribution in [0.5, 0.6) is 0 Å². The smallest absolute Gasteiger partial charge is 0.189 e. The molecular weight excluding hydrogens is 232 g/mol. The molecule has 0 unspecified atom stereocenters. The lowest BCUT2D eigenvalue weighted by Crippen LogP contribution is -2.06. The van der Waals surface area contributed by atoms with Crippen molar-refractivity contribution in [1.82, 2.24) is 9.97 Å². The van der Waals surface area contributed by atoms with E-state index < -0.39 is 0 Å². The molecule has 0 aromatic carbocycles. The van der Waals surface area contributed by atoms with Crippen molar-refractivity contribution in [3.05, 3.63) is 11.3 Å². The number of nitrogen functional groups attached to an aromatic ring is 1. The predicted molar refractivity (Wildman–Crippen MR) is 70.7 cm³/mol. The second-order valence-electron chi connectivity index (χ2n) is 4.28. The van der Waals surface area contributed by atoms with Crippen molar-refractivity contribution in [2.24, 2.45) is 5.92 Å². The highest BCUT2D eigenvalue weighted by molar-refractivity contribution is 7.99. The van der Waals surface area contributed by atoms with E-state index in [4.69, 9.17) is 11.0 Å². The van der Waals surface area contributed by atoms with Crippen LogP contribution in [0.15, 0.2) is 5.16 Å². The minimum absolute atomic E-state index is 0.303. The van der Waals surface area contributed by atoms with E-state index in [2.05, 4.69) is 36.8 Å². The van der Waals surface area contributed by atoms with Gasteiger partial charge in [0.2, 0.25) is 0 Å². The Morgan fingerprint density at radius 1 is 1.41 bits per heavy atom. The van der Waals surface area contributed by atoms with Gasteiger partial charge in [-0.15, -0.1) is 0 Å². The first-order chi connectivity index (χ1) is 8.08. The average molecular weight is 250 g/mol. The molecule has 4 nitrogen and oxygen atoms in total. The fourth-order valence-electron chi connectivity index (χ4n) is 1.35. The van der Waals surface area contributed by atoms with Crippen molar-refractivity contribution >= 4 is 17.6 Å². The van der Waals surface area contributed by atoms with E-state index in [1.807, 2.05) is 0 Å². The fourth-order valence-corrected chi connectivity index (χ4v) is 2.17. The third-order valence-corrected chi connectivity index (χ3v) is 3.41. The molecular formula is C12H18N4S. The second-order valence-corrected chi connectivity index (χ2v) is 5.27. The van der Waals surface area contributed by atoms with Gasteiger partial charge in [-0.2, -0.15) is 5.26 Å². The normalized spacial score (nSPS) is 10.5. The van der Waals surface area contributed by atoms with Gasteiger partial charge in [0.15, 0.2) is 5.16 Å². The Morgan fingerprint density at radius 2 is 2.12 bits per heavy atom. The number of nitrogens with two attached hydrogens (primary N) is 1. The van der Waals surface area contributed by atoms with Gasteiger partial charge in [-0.1, -0.05) is 39.0 Å². The van der Waals surface area contributed by atoms with E-state index in [0.717, 1.165) is 24.3 Å². The summed E-state index contributed by atoms with van der Waals surface area (Å²) >= 11 is 1.59. The van der Waals surface area contributed by atoms with Crippen LogP contribution >= 0.6 is 11.8 Å². The molecule has 0 aliphatic carbocycles. The third kappa shape index (κ3) is 3.90. The maximum Gasteiger partial charge on any atom is 0.189 e. The predicted octanol–water partition coefficient (Wildman–Crippen LogP) is 2.63. The summed E-state index contributed by atoms with van der Waals surface area (Å²) in [6.45, 7) is 6.35. The summed E-state index contributed by atoms with van der Waals surface area (Å²) in [5, 5.41) is 9.70. The Balaban J connectivity index is 2.98. The summed E-state index contributed by atoms with van der Waals surface area (Å²) < 4.78 is 0. The number of aromatic nitrogens is 2. The minimum Gasteiger partial charge on any atom is -0.382 e. The molecule has 0 fully saturated rings. The van der Waals surface area contributed by atoms with Crippen molar-refractivity contribution in [2.45, 2.75) is 38.8 Å². The molecule has 0 saturated carbocycles. The molecule has 1 heterocycles. The first-order valence-electron chi connectivity index (χ1n) is 5.77. The zero-order chi connectivity index (χ0) is 12.8. The van der Waals surface area contributed by atoms with Crippen LogP contribution < -0.4 is 5.73 Å². The van der Waals surface area contributed by atoms with Crippen molar-refractivity contribution < 1.29 is 0 Å². The summed E-state index contributed by atoms with van der Waals surface area (Å²) in [6.07, 6.45) is 1.71. The largest absolute Gasteiger partial charge is 0.382 e. The zero-order valence-electron chi connectivity index (χ0n) is 10.5. The Morgan fingerprint density at radius 3 is 2.65 bits per heavy atom. The molecule has 2 N–H and O–H groups in total. The molecule has 5 heteroatoms. The minimum atomic E-state index is 0.303. The van der Waals surface area contributed by atoms with Crippen LogP contribution in [0.3, 0.4) is 0 Å². The van der Waals surface area contributed by atoms with Crippen LogP contribution in [0.1, 0.15) is 38.4 Å². The van der Waals surface area contributed by atoms with Gasteiger partial charge < -0.3 is 5.73 Å². The number of hydrogen-bond acceptors (Lipinski definition) is 5. The highest BCUT2D eigenvalue weighted by Crippen LogP contribution is 2.21. The van der Waals surface area contributed by atoms with Gasteiger partial charge in [-0.25, -0.2) is 9.97 Å². The van der Waals surface area contributed by atoms with E-state index in [0.29, 0.717) is 22.5 Å². The lowest BCUT2D eigenvalue weighted by molar-refractivity contribution is 0.746. The van der Waals surface area contributed by atoms with Crippen LogP contribution in [0.4, 0.5) is 5.82 Å². The molecule has 1 rings (SSSR count). The molecule has 0 spiro atoms. The standard InChI is InChI=1S/C12H18N4S/c1-4-5-10-9(6-13)11(14)16-12(15-10)17-7-8(2)3/h8H,4-5,7H2,1-3H3,(H2,14,15,16). The van der Waals surface area contributed by atoms with Gasteiger partial charge in [-0.3, -0.25) is 0 Å². The van der Waals surface area contributed by atoms with Gasteiger partial charge in [0, 0.05) is 5.75 Å². The summed E-state index contributed by atoms with van der Waals surface area (Å²) in [6, 6.07) is 2.08. The van der Waals surface area contributed by atoms with E-state index in [9.17, 15) is 0 Å². The number of anilines is 1. The zero-order valence-corrected chi connectivity index (χ0v) is 11.3. The summed E-state index contributed by atoms with van der Waals surface area (Å²) in [5.74, 6) is 1.84. The number of rotatable bonds is 5. The lowest BCUT2D eigenvalue weighted by atomic mass is 10.1. The Bertz CT molecular complexity index is 423. The Hall–Kier alpha value is -1.28. The molecule has 92 valence electrons. The highest BCUT2D eigenvalue weighted by Gasteiger charge is 2.12. The van der Waals surface area contributed by atoms with Gasteiger partial charge in [-0.05, 0) is 12.3 Å². The molecule has 0 aliphatic heterocycles. The topological polar surface area (TPSA) is 75.6 Å². The van der Waals surface area contributed by atoms with Crippen LogP contribution in [0.25, 0.3) is 0 Å². The van der Waals surface area contributed by atoms with Gasteiger partial charge >= 0.3 is 0 Å². The molecule has 0 atom stereocenters. The molecule has 17 heavy (non-hydrogen) atoms. The van der Waals surface area contributed by atoms with Crippen molar-refractivity contribution in [3.63, 3.8) is 0 Å². The van der Waals surface area contributed by atoms with Crippen LogP contribution in [-0.2, 0) is 6.42 Å². The number of nitriles is 1. The lowest BCUT2D eigenvalue weighted by Gasteiger charge is -2.08. The Kier molecular flexibility index (Phi) is 5.23. The molecule has 1 aromatic rings. The number of hydrogen-bond donors (Lipinski definition) is 1. The van der Waals surface area contributed by atoms with E-state index >= 15 is 0 Å². The highest BCUT2D eigenvalue weighted by atomic mass is 32.2. The van der Waals surface area contributed by atoms with Crippen LogP contribution in [0, 0.1) is 17.2 Å². The molecule has 0 bridgehead atoms. The van der Waals surface area contributed by atoms with Crippen LogP contribution in [-0.4, -0.2) is 15.7 Å². The van der Waals surface area contributed by atoms with Gasteiger partial charge in [0.1, 0.15) is 17.5 Å². The molecule has 0 radical (unpaired) electrons. The maximum atomic E-state index is 9.02. The molecule has 0 aliphatic rings. The first kappa shape index (κ1) is 13.8. The van der Waals surface area contributed by atoms with E-state index in [-0.39, 0.29) is 0 Å². The second kappa shape index (κ2) is 6.45. The summed E-state index contributed by atoms with van der Waals surface area (Å²) in [7, 11) is 0. The number of thioether (sulfide) groups is 1.